The second-order valence-electron chi connectivity index (χ2n) is 10.0. The van der Waals surface area contributed by atoms with Crippen LogP contribution in [0.3, 0.4) is 0 Å². The minimum atomic E-state index is -0.633. The third-order valence-corrected chi connectivity index (χ3v) is 7.88. The van der Waals surface area contributed by atoms with Crippen molar-refractivity contribution in [1.82, 2.24) is 0 Å². The van der Waals surface area contributed by atoms with Crippen LogP contribution in [-0.4, -0.2) is 29.9 Å². The average molecular weight is 415 g/mol. The van der Waals surface area contributed by atoms with Crippen LogP contribution in [0.4, 0.5) is 0 Å². The van der Waals surface area contributed by atoms with Crippen LogP contribution in [-0.2, 0) is 23.9 Å². The zero-order valence-electron chi connectivity index (χ0n) is 19.4. The molecule has 0 saturated heterocycles. The zero-order valence-corrected chi connectivity index (χ0v) is 19.4. The molecular formula is C25H34O5. The van der Waals surface area contributed by atoms with Crippen LogP contribution >= 0.6 is 0 Å². The molecule has 0 spiro atoms. The van der Waals surface area contributed by atoms with E-state index < -0.39 is 29.6 Å². The largest absolute Gasteiger partial charge is 0.455 e. The fraction of sp³-hybridized carbons (Fsp3) is 0.640. The first-order valence-electron chi connectivity index (χ1n) is 10.8. The van der Waals surface area contributed by atoms with Crippen molar-refractivity contribution in [2.24, 2.45) is 28.6 Å². The summed E-state index contributed by atoms with van der Waals surface area (Å²) in [6, 6.07) is 0. The Labute approximate surface area is 179 Å². The lowest BCUT2D eigenvalue weighted by Crippen LogP contribution is -2.64. The highest BCUT2D eigenvalue weighted by Crippen LogP contribution is 2.71. The number of hydrogen-bond acceptors (Lipinski definition) is 5. The van der Waals surface area contributed by atoms with Crippen molar-refractivity contribution in [3.8, 4) is 0 Å². The predicted molar refractivity (Wildman–Crippen MR) is 114 cm³/mol. The molecule has 0 aromatic rings. The Balaban J connectivity index is 2.07. The molecule has 4 aliphatic rings. The molecule has 0 aromatic heterocycles. The fourth-order valence-electron chi connectivity index (χ4n) is 6.12. The van der Waals surface area contributed by atoms with Crippen LogP contribution in [0.2, 0.25) is 0 Å². The Kier molecular flexibility index (Phi) is 5.63. The van der Waals surface area contributed by atoms with E-state index in [2.05, 4.69) is 6.92 Å². The number of fused-ring (bicyclic) bond motifs is 3. The Morgan fingerprint density at radius 3 is 2.03 bits per heavy atom. The summed E-state index contributed by atoms with van der Waals surface area (Å²) in [6.07, 6.45) is 4.44. The van der Waals surface area contributed by atoms with Gasteiger partial charge in [0.05, 0.1) is 0 Å². The molecule has 0 aromatic carbocycles. The molecular weight excluding hydrogens is 380 g/mol. The van der Waals surface area contributed by atoms with Crippen molar-refractivity contribution < 1.29 is 23.9 Å². The van der Waals surface area contributed by atoms with Gasteiger partial charge in [0.15, 0.2) is 5.78 Å². The van der Waals surface area contributed by atoms with Gasteiger partial charge in [-0.05, 0) is 64.4 Å². The molecule has 6 unspecified atom stereocenters. The number of ketones is 1. The molecule has 3 fully saturated rings. The molecule has 4 rings (SSSR count). The minimum absolute atomic E-state index is 0.0511. The third-order valence-electron chi connectivity index (χ3n) is 7.88. The molecule has 164 valence electrons. The Bertz CT molecular complexity index is 874. The van der Waals surface area contributed by atoms with E-state index in [1.807, 2.05) is 20.8 Å². The Hall–Kier alpha value is -2.17. The van der Waals surface area contributed by atoms with E-state index in [4.69, 9.17) is 9.47 Å². The molecule has 0 amide bonds. The lowest BCUT2D eigenvalue weighted by molar-refractivity contribution is -0.182. The van der Waals surface area contributed by atoms with E-state index in [0.29, 0.717) is 17.6 Å². The molecule has 30 heavy (non-hydrogen) atoms. The van der Waals surface area contributed by atoms with Gasteiger partial charge in [-0.1, -0.05) is 38.5 Å². The van der Waals surface area contributed by atoms with E-state index >= 15 is 0 Å². The summed E-state index contributed by atoms with van der Waals surface area (Å²) in [5, 5.41) is 0. The van der Waals surface area contributed by atoms with Crippen LogP contribution in [0, 0.1) is 28.6 Å². The predicted octanol–water partition coefficient (Wildman–Crippen LogP) is 4.57. The van der Waals surface area contributed by atoms with E-state index in [-0.39, 0.29) is 29.0 Å². The van der Waals surface area contributed by atoms with Gasteiger partial charge in [-0.2, -0.15) is 0 Å². The van der Waals surface area contributed by atoms with Crippen LogP contribution in [0.5, 0.6) is 0 Å². The first-order valence-corrected chi connectivity index (χ1v) is 10.8. The molecule has 0 aliphatic heterocycles. The van der Waals surface area contributed by atoms with Gasteiger partial charge in [-0.25, -0.2) is 9.59 Å². The Morgan fingerprint density at radius 1 is 1.00 bits per heavy atom. The number of esters is 2. The van der Waals surface area contributed by atoms with Gasteiger partial charge in [0.1, 0.15) is 12.2 Å². The summed E-state index contributed by atoms with van der Waals surface area (Å²) in [7, 11) is 0. The minimum Gasteiger partial charge on any atom is -0.455 e. The highest BCUT2D eigenvalue weighted by molar-refractivity contribution is 5.96. The fourth-order valence-corrected chi connectivity index (χ4v) is 6.12. The number of allylic oxidation sites excluding steroid dienone is 4. The lowest BCUT2D eigenvalue weighted by Gasteiger charge is -2.64. The van der Waals surface area contributed by atoms with Crippen LogP contribution in [0.25, 0.3) is 0 Å². The summed E-state index contributed by atoms with van der Waals surface area (Å²) >= 11 is 0. The smallest absolute Gasteiger partial charge is 0.333 e. The number of ether oxygens (including phenoxy) is 2. The van der Waals surface area contributed by atoms with Crippen molar-refractivity contribution in [3.05, 3.63) is 34.9 Å². The van der Waals surface area contributed by atoms with E-state index in [9.17, 15) is 14.4 Å². The van der Waals surface area contributed by atoms with Crippen molar-refractivity contribution in [3.63, 3.8) is 0 Å². The summed E-state index contributed by atoms with van der Waals surface area (Å²) in [6.45, 7) is 15.2. The molecule has 0 heterocycles. The van der Waals surface area contributed by atoms with Crippen LogP contribution < -0.4 is 0 Å². The molecule has 5 nitrogen and oxygen atoms in total. The highest BCUT2D eigenvalue weighted by atomic mass is 16.6. The molecule has 4 aliphatic carbocycles. The maximum atomic E-state index is 13.0. The maximum Gasteiger partial charge on any atom is 0.333 e. The first-order chi connectivity index (χ1) is 13.9. The van der Waals surface area contributed by atoms with Crippen molar-refractivity contribution in [2.45, 2.75) is 74.0 Å². The normalized spacial score (nSPS) is 37.5. The van der Waals surface area contributed by atoms with Gasteiger partial charge in [0.25, 0.3) is 0 Å². The van der Waals surface area contributed by atoms with Gasteiger partial charge < -0.3 is 9.47 Å². The van der Waals surface area contributed by atoms with E-state index in [1.165, 1.54) is 0 Å². The molecule has 6 atom stereocenters. The first kappa shape index (κ1) is 22.5. The number of carbonyl (C=O) groups excluding carboxylic acids is 3. The standard InChI is InChI=1S/C25H34O5/c1-9-13(3)22(27)29-17-12-25(8)18-15(5)11-16(26)19(25)20(18)24(6,7)21(17)30-23(28)14(4)10-2/h9-11,17-21H,12H2,1-8H3. The monoisotopic (exact) mass is 414 g/mol. The molecule has 0 N–H and O–H groups in total. The van der Waals surface area contributed by atoms with Crippen molar-refractivity contribution in [1.29, 1.82) is 0 Å². The van der Waals surface area contributed by atoms with Gasteiger partial charge in [0, 0.05) is 22.5 Å². The average Bonchev–Trinajstić information content (AvgIpc) is 2.78. The summed E-state index contributed by atoms with van der Waals surface area (Å²) in [5.74, 6) is -0.555. The number of rotatable bonds is 4. The SMILES string of the molecule is CC=C(C)C(=O)OC1CC2(C)C3C(=O)C=C(C)C2C3C(C)(C)C1OC(=O)C(C)=CC. The summed E-state index contributed by atoms with van der Waals surface area (Å²) in [5.41, 5.74) is 1.26. The topological polar surface area (TPSA) is 69.7 Å². The number of hydrogen-bond donors (Lipinski definition) is 0. The lowest BCUT2D eigenvalue weighted by atomic mass is 9.38. The van der Waals surface area contributed by atoms with Crippen molar-refractivity contribution >= 4 is 17.7 Å². The molecule has 0 radical (unpaired) electrons. The van der Waals surface area contributed by atoms with Gasteiger partial charge >= 0.3 is 11.9 Å². The second kappa shape index (κ2) is 7.51. The summed E-state index contributed by atoms with van der Waals surface area (Å²) < 4.78 is 12.0. The molecule has 3 saturated carbocycles. The molecule has 4 bridgehead atoms. The zero-order chi connectivity index (χ0) is 22.6. The second-order valence-corrected chi connectivity index (χ2v) is 10.0. The number of carbonyl (C=O) groups is 3. The van der Waals surface area contributed by atoms with Gasteiger partial charge in [0.2, 0.25) is 0 Å². The molecule has 5 heteroatoms. The van der Waals surface area contributed by atoms with Gasteiger partial charge in [-0.15, -0.1) is 0 Å². The maximum absolute atomic E-state index is 13.0. The third kappa shape index (κ3) is 3.17. The van der Waals surface area contributed by atoms with Crippen molar-refractivity contribution in [2.75, 3.05) is 0 Å². The van der Waals surface area contributed by atoms with Crippen LogP contribution in [0.1, 0.15) is 61.8 Å². The van der Waals surface area contributed by atoms with E-state index in [1.54, 1.807) is 45.9 Å². The van der Waals surface area contributed by atoms with Crippen LogP contribution in [0.15, 0.2) is 34.9 Å². The van der Waals surface area contributed by atoms with Gasteiger partial charge in [-0.3, -0.25) is 4.79 Å². The summed E-state index contributed by atoms with van der Waals surface area (Å²) in [4.78, 5) is 38.3. The highest BCUT2D eigenvalue weighted by Gasteiger charge is 2.72. The Morgan fingerprint density at radius 2 is 1.53 bits per heavy atom. The van der Waals surface area contributed by atoms with E-state index in [0.717, 1.165) is 5.57 Å². The quantitative estimate of drug-likeness (QED) is 0.498.